The topological polar surface area (TPSA) is 6.48 Å². The number of alkyl halides is 2. The van der Waals surface area contributed by atoms with Gasteiger partial charge in [0.2, 0.25) is 0 Å². The maximum atomic E-state index is 15.4. The lowest BCUT2D eigenvalue weighted by Gasteiger charge is -2.30. The molecular weight excluding hydrogens is 486 g/mol. The molecular formula is C35H50F2N2. The highest BCUT2D eigenvalue weighted by atomic mass is 19.3. The van der Waals surface area contributed by atoms with Crippen LogP contribution in [0.4, 0.5) is 8.78 Å². The zero-order chi connectivity index (χ0) is 27.2. The minimum Gasteiger partial charge on any atom is -0.225 e. The Morgan fingerprint density at radius 1 is 0.590 bits per heavy atom. The maximum absolute atomic E-state index is 15.4. The highest BCUT2D eigenvalue weighted by molar-refractivity contribution is 5.27. The van der Waals surface area contributed by atoms with Gasteiger partial charge in [0.05, 0.1) is 0 Å². The van der Waals surface area contributed by atoms with Crippen LogP contribution in [0.3, 0.4) is 0 Å². The molecule has 2 aromatic carbocycles. The molecule has 3 aliphatic rings. The molecule has 5 rings (SSSR count). The van der Waals surface area contributed by atoms with Crippen LogP contribution in [0.5, 0.6) is 0 Å². The lowest BCUT2D eigenvalue weighted by Crippen LogP contribution is -2.45. The molecule has 4 heteroatoms. The largest absolute Gasteiger partial charge is 0.370 e. The zero-order valence-corrected chi connectivity index (χ0v) is 24.4. The van der Waals surface area contributed by atoms with E-state index in [0.29, 0.717) is 38.0 Å². The fourth-order valence-electron chi connectivity index (χ4n) is 7.68. The molecule has 3 fully saturated rings. The van der Waals surface area contributed by atoms with Gasteiger partial charge in [0.25, 0.3) is 0 Å². The first-order valence-corrected chi connectivity index (χ1v) is 16.0. The van der Waals surface area contributed by atoms with E-state index >= 15 is 8.78 Å². The maximum Gasteiger partial charge on any atom is 0.370 e. The molecule has 0 N–H and O–H groups in total. The number of rotatable bonds is 10. The summed E-state index contributed by atoms with van der Waals surface area (Å²) in [6.45, 7) is 5.96. The quantitative estimate of drug-likeness (QED) is 0.279. The van der Waals surface area contributed by atoms with E-state index in [-0.39, 0.29) is 0 Å². The molecule has 2 aromatic rings. The lowest BCUT2D eigenvalue weighted by molar-refractivity contribution is -0.216. The van der Waals surface area contributed by atoms with Gasteiger partial charge in [0.1, 0.15) is 0 Å². The molecule has 0 radical (unpaired) electrons. The predicted molar refractivity (Wildman–Crippen MR) is 158 cm³/mol. The number of hydrogen-bond acceptors (Lipinski definition) is 2. The van der Waals surface area contributed by atoms with Crippen molar-refractivity contribution in [3.05, 3.63) is 70.8 Å². The second kappa shape index (κ2) is 13.3. The molecule has 2 saturated carbocycles. The molecule has 0 atom stereocenters. The fraction of sp³-hybridized carbons (Fsp3) is 0.657. The Morgan fingerprint density at radius 2 is 0.949 bits per heavy atom. The highest BCUT2D eigenvalue weighted by Crippen LogP contribution is 2.39. The van der Waals surface area contributed by atoms with E-state index in [1.165, 1.54) is 98.0 Å². The molecule has 1 heterocycles. The van der Waals surface area contributed by atoms with Crippen LogP contribution in [-0.4, -0.2) is 29.1 Å². The molecule has 214 valence electrons. The van der Waals surface area contributed by atoms with Crippen molar-refractivity contribution in [2.45, 2.75) is 122 Å². The van der Waals surface area contributed by atoms with Gasteiger partial charge >= 0.3 is 6.17 Å². The second-order valence-electron chi connectivity index (χ2n) is 12.8. The summed E-state index contributed by atoms with van der Waals surface area (Å²) in [6.07, 6.45) is 12.8. The summed E-state index contributed by atoms with van der Waals surface area (Å²) >= 11 is 0. The average Bonchev–Trinajstić information content (AvgIpc) is 3.23. The summed E-state index contributed by atoms with van der Waals surface area (Å²) in [5, 5.41) is 0. The second-order valence-corrected chi connectivity index (χ2v) is 12.8. The van der Waals surface area contributed by atoms with Crippen LogP contribution in [0.1, 0.15) is 125 Å². The third-order valence-corrected chi connectivity index (χ3v) is 10.1. The van der Waals surface area contributed by atoms with E-state index in [9.17, 15) is 0 Å². The van der Waals surface area contributed by atoms with Crippen LogP contribution < -0.4 is 0 Å². The van der Waals surface area contributed by atoms with Crippen molar-refractivity contribution >= 4 is 0 Å². The van der Waals surface area contributed by atoms with Gasteiger partial charge in [-0.3, -0.25) is 0 Å². The van der Waals surface area contributed by atoms with Crippen LogP contribution >= 0.6 is 0 Å². The number of benzene rings is 2. The molecule has 0 amide bonds. The van der Waals surface area contributed by atoms with Crippen molar-refractivity contribution in [3.63, 3.8) is 0 Å². The zero-order valence-electron chi connectivity index (χ0n) is 24.4. The first kappa shape index (κ1) is 28.7. The minimum absolute atomic E-state index is 0.298. The van der Waals surface area contributed by atoms with Gasteiger partial charge in [-0.2, -0.15) is 8.78 Å². The van der Waals surface area contributed by atoms with Crippen molar-refractivity contribution in [3.8, 4) is 0 Å². The van der Waals surface area contributed by atoms with Gasteiger partial charge in [-0.05, 0) is 97.3 Å². The summed E-state index contributed by atoms with van der Waals surface area (Å²) in [7, 11) is 0. The van der Waals surface area contributed by atoms with E-state index in [0.717, 1.165) is 23.0 Å². The molecule has 0 aromatic heterocycles. The number of nitrogens with zero attached hydrogens (tertiary/aromatic N) is 2. The molecule has 1 aliphatic heterocycles. The van der Waals surface area contributed by atoms with E-state index < -0.39 is 6.17 Å². The standard InChI is InChI=1S/C35H50F2N2/c1-3-5-27-7-15-31(16-8-27)33-19-11-29(12-20-33)25-38-23-24-39(35(38,36)37)26-30-13-21-34(22-14-30)32-17-9-28(6-4-2)10-18-32/h11-14,19-22,27-28,31-32H,3-10,15-18,23-26H2,1-2H3. The van der Waals surface area contributed by atoms with Crippen molar-refractivity contribution in [2.24, 2.45) is 11.8 Å². The third kappa shape index (κ3) is 7.11. The predicted octanol–water partition coefficient (Wildman–Crippen LogP) is 9.70. The number of halogens is 2. The van der Waals surface area contributed by atoms with Gasteiger partial charge in [0.15, 0.2) is 0 Å². The summed E-state index contributed by atoms with van der Waals surface area (Å²) in [5.41, 5.74) is 4.75. The van der Waals surface area contributed by atoms with E-state index in [1.807, 2.05) is 0 Å². The molecule has 0 unspecified atom stereocenters. The minimum atomic E-state index is -2.92. The first-order chi connectivity index (χ1) is 19.0. The monoisotopic (exact) mass is 536 g/mol. The van der Waals surface area contributed by atoms with Gasteiger partial charge in [-0.15, -0.1) is 0 Å². The third-order valence-electron chi connectivity index (χ3n) is 10.1. The highest BCUT2D eigenvalue weighted by Gasteiger charge is 2.48. The molecule has 1 saturated heterocycles. The Labute approximate surface area is 236 Å². The smallest absolute Gasteiger partial charge is 0.225 e. The molecule has 0 spiro atoms. The van der Waals surface area contributed by atoms with Gasteiger partial charge < -0.3 is 0 Å². The summed E-state index contributed by atoms with van der Waals surface area (Å²) in [5.74, 6) is 3.08. The molecule has 39 heavy (non-hydrogen) atoms. The summed E-state index contributed by atoms with van der Waals surface area (Å²) in [6, 6.07) is 17.1. The van der Waals surface area contributed by atoms with Gasteiger partial charge in [-0.25, -0.2) is 9.80 Å². The fourth-order valence-corrected chi connectivity index (χ4v) is 7.68. The Kier molecular flexibility index (Phi) is 9.77. The van der Waals surface area contributed by atoms with E-state index in [4.69, 9.17) is 0 Å². The van der Waals surface area contributed by atoms with Crippen LogP contribution in [-0.2, 0) is 13.1 Å². The molecule has 2 aliphatic carbocycles. The van der Waals surface area contributed by atoms with Crippen molar-refractivity contribution in [1.29, 1.82) is 0 Å². The summed E-state index contributed by atoms with van der Waals surface area (Å²) in [4.78, 5) is 2.70. The van der Waals surface area contributed by atoms with Crippen LogP contribution in [0, 0.1) is 11.8 Å². The van der Waals surface area contributed by atoms with Crippen molar-refractivity contribution < 1.29 is 8.78 Å². The van der Waals surface area contributed by atoms with Gasteiger partial charge in [0, 0.05) is 26.2 Å². The SMILES string of the molecule is CCCC1CCC(c2ccc(CN3CCN(Cc4ccc(C5CCC(CCC)CC5)cc4)C3(F)F)cc2)CC1. The van der Waals surface area contributed by atoms with Crippen LogP contribution in [0.15, 0.2) is 48.5 Å². The Hall–Kier alpha value is -1.78. The first-order valence-electron chi connectivity index (χ1n) is 16.0. The van der Waals surface area contributed by atoms with Crippen molar-refractivity contribution in [1.82, 2.24) is 9.80 Å². The number of hydrogen-bond donors (Lipinski definition) is 0. The molecule has 0 bridgehead atoms. The molecule has 2 nitrogen and oxygen atoms in total. The van der Waals surface area contributed by atoms with Crippen molar-refractivity contribution in [2.75, 3.05) is 13.1 Å². The van der Waals surface area contributed by atoms with Crippen LogP contribution in [0.25, 0.3) is 0 Å². The van der Waals surface area contributed by atoms with E-state index in [2.05, 4.69) is 62.4 Å². The van der Waals surface area contributed by atoms with Gasteiger partial charge in [-0.1, -0.05) is 88.1 Å². The Balaban J connectivity index is 1.12. The normalized spacial score (nSPS) is 28.1. The Morgan fingerprint density at radius 3 is 1.28 bits per heavy atom. The van der Waals surface area contributed by atoms with E-state index in [1.54, 1.807) is 0 Å². The Bertz CT molecular complexity index is 920. The van der Waals surface area contributed by atoms with Crippen LogP contribution in [0.2, 0.25) is 0 Å². The summed E-state index contributed by atoms with van der Waals surface area (Å²) < 4.78 is 30.9. The average molecular weight is 537 g/mol. The lowest BCUT2D eigenvalue weighted by atomic mass is 9.77.